The van der Waals surface area contributed by atoms with E-state index in [-0.39, 0.29) is 11.8 Å². The summed E-state index contributed by atoms with van der Waals surface area (Å²) in [6, 6.07) is 30.2. The number of halogens is 1. The first kappa shape index (κ1) is 26.9. The average molecular weight is 565 g/mol. The minimum atomic E-state index is -0.144. The summed E-state index contributed by atoms with van der Waals surface area (Å²) in [5.41, 5.74) is 6.21. The van der Waals surface area contributed by atoms with Crippen molar-refractivity contribution < 1.29 is 9.53 Å². The number of piperazine rings is 1. The van der Waals surface area contributed by atoms with Crippen molar-refractivity contribution in [3.63, 3.8) is 0 Å². The van der Waals surface area contributed by atoms with Crippen molar-refractivity contribution in [2.24, 2.45) is 0 Å². The smallest absolute Gasteiger partial charge is 0.223 e. The van der Waals surface area contributed by atoms with E-state index < -0.39 is 0 Å². The molecule has 0 aliphatic carbocycles. The number of hydrogen-bond acceptors (Lipinski definition) is 4. The van der Waals surface area contributed by atoms with Gasteiger partial charge in [-0.05, 0) is 53.9 Å². The van der Waals surface area contributed by atoms with E-state index in [0.29, 0.717) is 26.1 Å². The highest BCUT2D eigenvalue weighted by Gasteiger charge is 2.28. The molecule has 3 heterocycles. The van der Waals surface area contributed by atoms with Gasteiger partial charge in [-0.15, -0.1) is 0 Å². The van der Waals surface area contributed by atoms with Crippen LogP contribution in [0.15, 0.2) is 103 Å². The number of aromatic nitrogens is 2. The number of aryl methyl sites for hydroxylation is 1. The summed E-state index contributed by atoms with van der Waals surface area (Å²) < 4.78 is 8.26. The van der Waals surface area contributed by atoms with Gasteiger partial charge in [-0.2, -0.15) is 0 Å². The van der Waals surface area contributed by atoms with Crippen LogP contribution >= 0.6 is 11.6 Å². The van der Waals surface area contributed by atoms with Crippen molar-refractivity contribution in [1.82, 2.24) is 14.3 Å². The maximum atomic E-state index is 13.8. The lowest BCUT2D eigenvalue weighted by molar-refractivity contribution is -0.131. The summed E-state index contributed by atoms with van der Waals surface area (Å²) in [5, 5.41) is 0.726. The average Bonchev–Trinajstić information content (AvgIpc) is 3.44. The first-order chi connectivity index (χ1) is 20.1. The number of fused-ring (bicyclic) bond motifs is 1. The second-order valence-electron chi connectivity index (χ2n) is 10.5. The number of amides is 1. The molecule has 41 heavy (non-hydrogen) atoms. The summed E-state index contributed by atoms with van der Waals surface area (Å²) in [7, 11) is 0. The van der Waals surface area contributed by atoms with Gasteiger partial charge in [-0.25, -0.2) is 4.98 Å². The lowest BCUT2D eigenvalue weighted by Gasteiger charge is -2.37. The predicted molar refractivity (Wildman–Crippen MR) is 164 cm³/mol. The molecule has 5 aromatic rings. The molecular weight excluding hydrogens is 532 g/mol. The molecule has 6 rings (SSSR count). The van der Waals surface area contributed by atoms with Gasteiger partial charge < -0.3 is 18.9 Å². The van der Waals surface area contributed by atoms with Crippen LogP contribution in [0.4, 0.5) is 5.69 Å². The Balaban J connectivity index is 1.24. The number of anilines is 1. The van der Waals surface area contributed by atoms with Crippen molar-refractivity contribution >= 4 is 28.8 Å². The highest BCUT2D eigenvalue weighted by Crippen LogP contribution is 2.33. The lowest BCUT2D eigenvalue weighted by atomic mass is 9.89. The Morgan fingerprint density at radius 3 is 2.49 bits per heavy atom. The summed E-state index contributed by atoms with van der Waals surface area (Å²) in [6.07, 6.45) is 4.27. The number of benzene rings is 3. The molecule has 1 atom stereocenters. The highest BCUT2D eigenvalue weighted by molar-refractivity contribution is 6.30. The van der Waals surface area contributed by atoms with E-state index in [1.165, 1.54) is 0 Å². The normalized spacial score (nSPS) is 14.3. The molecule has 1 fully saturated rings. The number of rotatable bonds is 8. The van der Waals surface area contributed by atoms with Crippen molar-refractivity contribution in [2.75, 3.05) is 31.1 Å². The Hall–Kier alpha value is -4.29. The SMILES string of the molecule is Cc1ccccc1C(CC(=O)N1CCN(c2cccc(Cl)c2)CC1)c1cnc2c(OCc3ccccc3)cccn12. The Morgan fingerprint density at radius 2 is 1.71 bits per heavy atom. The molecule has 0 bridgehead atoms. The summed E-state index contributed by atoms with van der Waals surface area (Å²) >= 11 is 6.21. The Bertz CT molecular complexity index is 1640. The van der Waals surface area contributed by atoms with Crippen LogP contribution in [-0.2, 0) is 11.4 Å². The third-order valence-electron chi connectivity index (χ3n) is 7.87. The molecule has 1 unspecified atom stereocenters. The van der Waals surface area contributed by atoms with Gasteiger partial charge in [-0.3, -0.25) is 4.79 Å². The number of carbonyl (C=O) groups is 1. The molecule has 1 saturated heterocycles. The number of pyridine rings is 1. The van der Waals surface area contributed by atoms with Gasteiger partial charge in [-0.1, -0.05) is 72.3 Å². The van der Waals surface area contributed by atoms with E-state index in [0.717, 1.165) is 57.6 Å². The lowest BCUT2D eigenvalue weighted by Crippen LogP contribution is -2.49. The summed E-state index contributed by atoms with van der Waals surface area (Å²) in [4.78, 5) is 22.8. The van der Waals surface area contributed by atoms with E-state index in [9.17, 15) is 4.79 Å². The van der Waals surface area contributed by atoms with Gasteiger partial charge in [0.05, 0.1) is 5.69 Å². The predicted octanol–water partition coefficient (Wildman–Crippen LogP) is 6.75. The van der Waals surface area contributed by atoms with E-state index in [2.05, 4.69) is 34.4 Å². The molecular formula is C34H33ClN4O2. The second kappa shape index (κ2) is 12.1. The standard InChI is InChI=1S/C34H33ClN4O2/c1-25-9-5-6-14-29(25)30(22-33(40)38-19-17-37(18-20-38)28-13-7-12-27(35)21-28)31-23-36-34-32(15-8-16-39(31)34)41-24-26-10-3-2-4-11-26/h2-16,21,23,30H,17-20,22,24H2,1H3. The zero-order chi connectivity index (χ0) is 28.2. The highest BCUT2D eigenvalue weighted by atomic mass is 35.5. The second-order valence-corrected chi connectivity index (χ2v) is 10.9. The fourth-order valence-electron chi connectivity index (χ4n) is 5.65. The van der Waals surface area contributed by atoms with Gasteiger partial charge >= 0.3 is 0 Å². The molecule has 0 radical (unpaired) electrons. The minimum Gasteiger partial charge on any atom is -0.485 e. The molecule has 3 aromatic carbocycles. The molecule has 2 aromatic heterocycles. The fraction of sp³-hybridized carbons (Fsp3) is 0.235. The molecule has 1 aliphatic rings. The van der Waals surface area contributed by atoms with Gasteiger partial charge in [0.25, 0.3) is 0 Å². The Morgan fingerprint density at radius 1 is 0.927 bits per heavy atom. The monoisotopic (exact) mass is 564 g/mol. The largest absolute Gasteiger partial charge is 0.485 e. The topological polar surface area (TPSA) is 50.1 Å². The number of hydrogen-bond donors (Lipinski definition) is 0. The molecule has 0 N–H and O–H groups in total. The van der Waals surface area contributed by atoms with Crippen LogP contribution in [0.25, 0.3) is 5.65 Å². The van der Waals surface area contributed by atoms with Crippen LogP contribution in [0.5, 0.6) is 5.75 Å². The van der Waals surface area contributed by atoms with Crippen molar-refractivity contribution in [2.45, 2.75) is 25.9 Å². The summed E-state index contributed by atoms with van der Waals surface area (Å²) in [6.45, 7) is 5.47. The zero-order valence-corrected chi connectivity index (χ0v) is 23.9. The van der Waals surface area contributed by atoms with Crippen LogP contribution in [0.1, 0.15) is 34.7 Å². The zero-order valence-electron chi connectivity index (χ0n) is 23.1. The Labute approximate surface area is 245 Å². The van der Waals surface area contributed by atoms with E-state index in [1.807, 2.05) is 90.1 Å². The molecule has 0 spiro atoms. The third-order valence-corrected chi connectivity index (χ3v) is 8.11. The molecule has 1 amide bonds. The van der Waals surface area contributed by atoms with E-state index >= 15 is 0 Å². The third kappa shape index (κ3) is 5.93. The Kier molecular flexibility index (Phi) is 7.92. The number of carbonyl (C=O) groups excluding carboxylic acids is 1. The van der Waals surface area contributed by atoms with Crippen LogP contribution in [0.3, 0.4) is 0 Å². The molecule has 1 aliphatic heterocycles. The van der Waals surface area contributed by atoms with Gasteiger partial charge in [0.15, 0.2) is 11.4 Å². The van der Waals surface area contributed by atoms with Gasteiger partial charge in [0.2, 0.25) is 5.91 Å². The van der Waals surface area contributed by atoms with E-state index in [4.69, 9.17) is 21.3 Å². The van der Waals surface area contributed by atoms with Crippen molar-refractivity contribution in [3.05, 3.63) is 131 Å². The maximum Gasteiger partial charge on any atom is 0.223 e. The first-order valence-electron chi connectivity index (χ1n) is 14.0. The summed E-state index contributed by atoms with van der Waals surface area (Å²) in [5.74, 6) is 0.721. The van der Waals surface area contributed by atoms with Gasteiger partial charge in [0.1, 0.15) is 6.61 Å². The molecule has 6 nitrogen and oxygen atoms in total. The first-order valence-corrected chi connectivity index (χ1v) is 14.4. The minimum absolute atomic E-state index is 0.144. The maximum absolute atomic E-state index is 13.8. The fourth-order valence-corrected chi connectivity index (χ4v) is 5.84. The van der Waals surface area contributed by atoms with Crippen LogP contribution in [-0.4, -0.2) is 46.4 Å². The van der Waals surface area contributed by atoms with Crippen LogP contribution in [0, 0.1) is 6.92 Å². The van der Waals surface area contributed by atoms with Gasteiger partial charge in [0, 0.05) is 61.6 Å². The van der Waals surface area contributed by atoms with E-state index in [1.54, 1.807) is 0 Å². The number of imidazole rings is 1. The quantitative estimate of drug-likeness (QED) is 0.209. The number of nitrogens with zero attached hydrogens (tertiary/aromatic N) is 4. The van der Waals surface area contributed by atoms with Crippen molar-refractivity contribution in [1.29, 1.82) is 0 Å². The molecule has 208 valence electrons. The number of ether oxygens (including phenoxy) is 1. The molecule has 7 heteroatoms. The van der Waals surface area contributed by atoms with Crippen LogP contribution in [0.2, 0.25) is 5.02 Å². The van der Waals surface area contributed by atoms with Crippen LogP contribution < -0.4 is 9.64 Å². The van der Waals surface area contributed by atoms with Crippen molar-refractivity contribution in [3.8, 4) is 5.75 Å². The molecule has 0 saturated carbocycles.